The molecule has 1 N–H and O–H groups in total. The van der Waals surface area contributed by atoms with Crippen LogP contribution in [-0.2, 0) is 10.9 Å². The van der Waals surface area contributed by atoms with E-state index in [9.17, 15) is 18.0 Å². The summed E-state index contributed by atoms with van der Waals surface area (Å²) in [6.45, 7) is 1.77. The van der Waals surface area contributed by atoms with Gasteiger partial charge in [0.25, 0.3) is 5.91 Å². The van der Waals surface area contributed by atoms with Gasteiger partial charge in [0.2, 0.25) is 0 Å². The van der Waals surface area contributed by atoms with Gasteiger partial charge in [-0.2, -0.15) is 18.3 Å². The second-order valence-electron chi connectivity index (χ2n) is 5.95. The topological polar surface area (TPSA) is 58.2 Å². The van der Waals surface area contributed by atoms with Crippen molar-refractivity contribution in [3.63, 3.8) is 0 Å². The Bertz CT molecular complexity index is 550. The zero-order valence-corrected chi connectivity index (χ0v) is 12.1. The lowest BCUT2D eigenvalue weighted by atomic mass is 9.92. The van der Waals surface area contributed by atoms with Crippen LogP contribution in [0.4, 0.5) is 13.2 Å². The molecule has 1 atom stereocenters. The highest BCUT2D eigenvalue weighted by Crippen LogP contribution is 2.36. The van der Waals surface area contributed by atoms with Crippen LogP contribution in [0.2, 0.25) is 0 Å². The number of nitrogens with one attached hydrogen (secondary N) is 1. The third-order valence-electron chi connectivity index (χ3n) is 4.47. The molecular formula is C14H18F3N3O2. The number of alkyl halides is 3. The fourth-order valence-electron chi connectivity index (χ4n) is 3.26. The molecule has 1 aromatic rings. The Kier molecular flexibility index (Phi) is 3.88. The molecule has 0 aromatic carbocycles. The van der Waals surface area contributed by atoms with E-state index in [0.29, 0.717) is 13.1 Å². The summed E-state index contributed by atoms with van der Waals surface area (Å²) in [4.78, 5) is 13.9. The first kappa shape index (κ1) is 15.3. The Morgan fingerprint density at radius 3 is 2.68 bits per heavy atom. The monoisotopic (exact) mass is 317 g/mol. The number of amides is 1. The summed E-state index contributed by atoms with van der Waals surface area (Å²) in [5.41, 5.74) is -1.32. The van der Waals surface area contributed by atoms with Gasteiger partial charge in [0.1, 0.15) is 5.69 Å². The number of aromatic nitrogens is 2. The normalized spacial score (nSPS) is 26.4. The number of halogens is 3. The molecule has 0 unspecified atom stereocenters. The first-order valence-corrected chi connectivity index (χ1v) is 7.46. The number of rotatable bonds is 1. The van der Waals surface area contributed by atoms with E-state index in [0.717, 1.165) is 44.8 Å². The van der Waals surface area contributed by atoms with Crippen molar-refractivity contribution < 1.29 is 22.7 Å². The standard InChI is InChI=1S/C14H18F3N3O2/c15-14(16,17)11-9-10(18-19-11)12(21)20-6-1-3-13(5-7-20)4-2-8-22-13/h9H,1-8H2,(H,18,19)/t13-/m0/s1. The van der Waals surface area contributed by atoms with E-state index < -0.39 is 17.8 Å². The van der Waals surface area contributed by atoms with Gasteiger partial charge in [-0.05, 0) is 32.1 Å². The minimum atomic E-state index is -4.52. The first-order valence-electron chi connectivity index (χ1n) is 7.46. The third-order valence-corrected chi connectivity index (χ3v) is 4.47. The highest BCUT2D eigenvalue weighted by molar-refractivity contribution is 5.92. The van der Waals surface area contributed by atoms with Crippen LogP contribution in [0.3, 0.4) is 0 Å². The number of carbonyl (C=O) groups excluding carboxylic acids is 1. The van der Waals surface area contributed by atoms with E-state index >= 15 is 0 Å². The van der Waals surface area contributed by atoms with Crippen LogP contribution >= 0.6 is 0 Å². The lowest BCUT2D eigenvalue weighted by Crippen LogP contribution is -2.34. The fraction of sp³-hybridized carbons (Fsp3) is 0.714. The molecule has 2 aliphatic heterocycles. The SMILES string of the molecule is O=C(c1cc(C(F)(F)F)[nH]n1)N1CCC[C@]2(CCCO2)CC1. The van der Waals surface area contributed by atoms with Crippen LogP contribution in [-0.4, -0.2) is 46.3 Å². The molecule has 122 valence electrons. The van der Waals surface area contributed by atoms with Crippen LogP contribution in [0.5, 0.6) is 0 Å². The lowest BCUT2D eigenvalue weighted by molar-refractivity contribution is -0.141. The van der Waals surface area contributed by atoms with E-state index in [1.54, 1.807) is 4.90 Å². The number of likely N-dealkylation sites (tertiary alicyclic amines) is 1. The number of hydrogen-bond donors (Lipinski definition) is 1. The maximum atomic E-state index is 12.6. The molecule has 0 saturated carbocycles. The molecule has 2 aliphatic rings. The fourth-order valence-corrected chi connectivity index (χ4v) is 3.26. The molecule has 2 saturated heterocycles. The number of nitrogens with zero attached hydrogens (tertiary/aromatic N) is 2. The Hall–Kier alpha value is -1.57. The molecule has 1 amide bonds. The van der Waals surface area contributed by atoms with Crippen molar-refractivity contribution in [1.82, 2.24) is 15.1 Å². The van der Waals surface area contributed by atoms with Crippen molar-refractivity contribution in [2.24, 2.45) is 0 Å². The molecule has 2 fully saturated rings. The largest absolute Gasteiger partial charge is 0.432 e. The number of ether oxygens (including phenoxy) is 1. The van der Waals surface area contributed by atoms with Crippen LogP contribution in [0.1, 0.15) is 48.3 Å². The van der Waals surface area contributed by atoms with Gasteiger partial charge in [0.15, 0.2) is 5.69 Å². The van der Waals surface area contributed by atoms with E-state index in [2.05, 4.69) is 5.10 Å². The van der Waals surface area contributed by atoms with Gasteiger partial charge in [-0.3, -0.25) is 9.89 Å². The van der Waals surface area contributed by atoms with Crippen molar-refractivity contribution >= 4 is 5.91 Å². The molecule has 1 spiro atoms. The van der Waals surface area contributed by atoms with E-state index in [1.807, 2.05) is 5.10 Å². The summed E-state index contributed by atoms with van der Waals surface area (Å²) < 4.78 is 43.5. The summed E-state index contributed by atoms with van der Waals surface area (Å²) in [5.74, 6) is -0.457. The van der Waals surface area contributed by atoms with Crippen LogP contribution < -0.4 is 0 Å². The Balaban J connectivity index is 1.68. The quantitative estimate of drug-likeness (QED) is 0.866. The number of H-pyrrole nitrogens is 1. The maximum Gasteiger partial charge on any atom is 0.432 e. The smallest absolute Gasteiger partial charge is 0.375 e. The van der Waals surface area contributed by atoms with Crippen molar-refractivity contribution in [3.05, 3.63) is 17.5 Å². The molecule has 22 heavy (non-hydrogen) atoms. The van der Waals surface area contributed by atoms with Gasteiger partial charge in [0, 0.05) is 25.8 Å². The first-order chi connectivity index (χ1) is 10.4. The van der Waals surface area contributed by atoms with Gasteiger partial charge in [-0.15, -0.1) is 0 Å². The molecule has 0 radical (unpaired) electrons. The Morgan fingerprint density at radius 2 is 2.05 bits per heavy atom. The molecule has 3 heterocycles. The Morgan fingerprint density at radius 1 is 1.27 bits per heavy atom. The summed E-state index contributed by atoms with van der Waals surface area (Å²) in [5, 5.41) is 5.39. The molecular weight excluding hydrogens is 299 g/mol. The molecule has 5 nitrogen and oxygen atoms in total. The zero-order valence-electron chi connectivity index (χ0n) is 12.1. The van der Waals surface area contributed by atoms with Crippen molar-refractivity contribution in [3.8, 4) is 0 Å². The van der Waals surface area contributed by atoms with Crippen LogP contribution in [0.25, 0.3) is 0 Å². The van der Waals surface area contributed by atoms with Gasteiger partial charge in [0.05, 0.1) is 5.60 Å². The second kappa shape index (κ2) is 5.57. The molecule has 8 heteroatoms. The van der Waals surface area contributed by atoms with Crippen LogP contribution in [0, 0.1) is 0 Å². The molecule has 1 aromatic heterocycles. The van der Waals surface area contributed by atoms with E-state index in [-0.39, 0.29) is 11.3 Å². The van der Waals surface area contributed by atoms with Gasteiger partial charge in [-0.25, -0.2) is 0 Å². The van der Waals surface area contributed by atoms with Crippen molar-refractivity contribution in [2.45, 2.75) is 43.9 Å². The summed E-state index contributed by atoms with van der Waals surface area (Å²) in [6.07, 6.45) is -0.0767. The average molecular weight is 317 g/mol. The summed E-state index contributed by atoms with van der Waals surface area (Å²) in [6, 6.07) is 0.773. The molecule has 0 bridgehead atoms. The number of carbonyl (C=O) groups is 1. The third kappa shape index (κ3) is 2.97. The van der Waals surface area contributed by atoms with Gasteiger partial charge < -0.3 is 9.64 Å². The maximum absolute atomic E-state index is 12.6. The number of aromatic amines is 1. The van der Waals surface area contributed by atoms with Crippen molar-refractivity contribution in [1.29, 1.82) is 0 Å². The summed E-state index contributed by atoms with van der Waals surface area (Å²) >= 11 is 0. The zero-order chi connectivity index (χ0) is 15.8. The van der Waals surface area contributed by atoms with Gasteiger partial charge in [-0.1, -0.05) is 0 Å². The number of hydrogen-bond acceptors (Lipinski definition) is 3. The molecule has 0 aliphatic carbocycles. The van der Waals surface area contributed by atoms with Gasteiger partial charge >= 0.3 is 6.18 Å². The summed E-state index contributed by atoms with van der Waals surface area (Å²) in [7, 11) is 0. The Labute approximate surface area is 125 Å². The van der Waals surface area contributed by atoms with Crippen molar-refractivity contribution in [2.75, 3.05) is 19.7 Å². The highest BCUT2D eigenvalue weighted by atomic mass is 19.4. The predicted octanol–water partition coefficient (Wildman–Crippen LogP) is 2.60. The highest BCUT2D eigenvalue weighted by Gasteiger charge is 2.38. The minimum Gasteiger partial charge on any atom is -0.375 e. The lowest BCUT2D eigenvalue weighted by Gasteiger charge is -2.26. The minimum absolute atomic E-state index is 0.141. The van der Waals surface area contributed by atoms with E-state index in [1.165, 1.54) is 0 Å². The average Bonchev–Trinajstić information content (AvgIpc) is 3.06. The molecule has 3 rings (SSSR count). The second-order valence-corrected chi connectivity index (χ2v) is 5.95. The van der Waals surface area contributed by atoms with E-state index in [4.69, 9.17) is 4.74 Å². The predicted molar refractivity (Wildman–Crippen MR) is 71.3 cm³/mol. The van der Waals surface area contributed by atoms with Crippen LogP contribution in [0.15, 0.2) is 6.07 Å².